The fourth-order valence-electron chi connectivity index (χ4n) is 2.04. The average Bonchev–Trinajstić information content (AvgIpc) is 2.28. The van der Waals surface area contributed by atoms with Gasteiger partial charge in [0.15, 0.2) is 0 Å². The van der Waals surface area contributed by atoms with Crippen LogP contribution in [0.3, 0.4) is 0 Å². The van der Waals surface area contributed by atoms with Crippen molar-refractivity contribution in [2.75, 3.05) is 23.5 Å². The topological polar surface area (TPSA) is 50.3 Å². The Hall–Kier alpha value is -0.620. The maximum atomic E-state index is 11.4. The molecule has 1 aliphatic rings. The molecule has 94 valence electrons. The van der Waals surface area contributed by atoms with Gasteiger partial charge in [0.05, 0.1) is 11.5 Å². The molecule has 0 radical (unpaired) electrons. The predicted octanol–water partition coefficient (Wildman–Crippen LogP) is 1.86. The van der Waals surface area contributed by atoms with E-state index in [9.17, 15) is 8.42 Å². The molecule has 2 heterocycles. The van der Waals surface area contributed by atoms with E-state index in [4.69, 9.17) is 0 Å². The van der Waals surface area contributed by atoms with E-state index in [1.165, 1.54) is 0 Å². The van der Waals surface area contributed by atoms with Crippen LogP contribution < -0.4 is 4.90 Å². The van der Waals surface area contributed by atoms with Crippen LogP contribution >= 0.6 is 15.9 Å². The lowest BCUT2D eigenvalue weighted by atomic mass is 10.1. The van der Waals surface area contributed by atoms with Crippen molar-refractivity contribution in [3.05, 3.63) is 22.8 Å². The molecule has 6 heteroatoms. The Balaban J connectivity index is 2.09. The summed E-state index contributed by atoms with van der Waals surface area (Å²) in [4.78, 5) is 6.37. The molecule has 1 aliphatic heterocycles. The maximum Gasteiger partial charge on any atom is 0.150 e. The number of halogens is 1. The SMILES string of the molecule is CN(c1cc(Br)ccn1)C1CCS(=O)(=O)CC1. The van der Waals surface area contributed by atoms with Crippen molar-refractivity contribution in [3.63, 3.8) is 0 Å². The first kappa shape index (κ1) is 12.8. The fraction of sp³-hybridized carbons (Fsp3) is 0.545. The van der Waals surface area contributed by atoms with Crippen LogP contribution in [-0.4, -0.2) is 38.0 Å². The second-order valence-corrected chi connectivity index (χ2v) is 7.55. The number of anilines is 1. The number of nitrogens with zero attached hydrogens (tertiary/aromatic N) is 2. The molecule has 0 aliphatic carbocycles. The lowest BCUT2D eigenvalue weighted by Crippen LogP contribution is -2.39. The van der Waals surface area contributed by atoms with E-state index in [1.807, 2.05) is 19.2 Å². The molecule has 1 saturated heterocycles. The molecule has 0 bridgehead atoms. The zero-order valence-corrected chi connectivity index (χ0v) is 12.0. The maximum absolute atomic E-state index is 11.4. The Bertz CT molecular complexity index is 490. The first-order valence-corrected chi connectivity index (χ1v) is 8.14. The number of hydrogen-bond donors (Lipinski definition) is 0. The zero-order chi connectivity index (χ0) is 12.5. The van der Waals surface area contributed by atoms with Gasteiger partial charge >= 0.3 is 0 Å². The van der Waals surface area contributed by atoms with E-state index < -0.39 is 9.84 Å². The van der Waals surface area contributed by atoms with Gasteiger partial charge < -0.3 is 4.90 Å². The fourth-order valence-corrected chi connectivity index (χ4v) is 3.83. The van der Waals surface area contributed by atoms with Crippen LogP contribution in [0.1, 0.15) is 12.8 Å². The van der Waals surface area contributed by atoms with Crippen LogP contribution in [0, 0.1) is 0 Å². The van der Waals surface area contributed by atoms with E-state index in [2.05, 4.69) is 25.8 Å². The summed E-state index contributed by atoms with van der Waals surface area (Å²) in [7, 11) is -0.826. The summed E-state index contributed by atoms with van der Waals surface area (Å²) in [6.45, 7) is 0. The van der Waals surface area contributed by atoms with E-state index in [-0.39, 0.29) is 17.5 Å². The van der Waals surface area contributed by atoms with Crippen LogP contribution in [-0.2, 0) is 9.84 Å². The minimum atomic E-state index is -2.80. The molecule has 1 aromatic rings. The molecule has 0 spiro atoms. The summed E-state index contributed by atoms with van der Waals surface area (Å²) < 4.78 is 23.7. The summed E-state index contributed by atoms with van der Waals surface area (Å²) in [5, 5.41) is 0. The van der Waals surface area contributed by atoms with E-state index in [0.717, 1.165) is 10.3 Å². The minimum absolute atomic E-state index is 0.264. The third-order valence-corrected chi connectivity index (χ3v) is 5.35. The van der Waals surface area contributed by atoms with E-state index in [0.29, 0.717) is 12.8 Å². The Morgan fingerprint density at radius 1 is 1.41 bits per heavy atom. The molecule has 4 nitrogen and oxygen atoms in total. The van der Waals surface area contributed by atoms with Crippen molar-refractivity contribution < 1.29 is 8.42 Å². The number of aromatic nitrogens is 1. The standard InChI is InChI=1S/C11H15BrN2O2S/c1-14(11-8-9(12)2-5-13-11)10-3-6-17(15,16)7-4-10/h2,5,8,10H,3-4,6-7H2,1H3. The Labute approximate surface area is 110 Å². The van der Waals surface area contributed by atoms with Crippen LogP contribution in [0.25, 0.3) is 0 Å². The van der Waals surface area contributed by atoms with Gasteiger partial charge in [-0.25, -0.2) is 13.4 Å². The number of sulfone groups is 1. The van der Waals surface area contributed by atoms with E-state index in [1.54, 1.807) is 6.20 Å². The predicted molar refractivity (Wildman–Crippen MR) is 72.0 cm³/mol. The number of hydrogen-bond acceptors (Lipinski definition) is 4. The highest BCUT2D eigenvalue weighted by Crippen LogP contribution is 2.23. The molecule has 1 fully saturated rings. The summed E-state index contributed by atoms with van der Waals surface area (Å²) >= 11 is 3.41. The highest BCUT2D eigenvalue weighted by Gasteiger charge is 2.26. The molecule has 17 heavy (non-hydrogen) atoms. The Morgan fingerprint density at radius 2 is 2.06 bits per heavy atom. The van der Waals surface area contributed by atoms with Crippen molar-refractivity contribution in [1.82, 2.24) is 4.98 Å². The minimum Gasteiger partial charge on any atom is -0.357 e. The number of rotatable bonds is 2. The smallest absolute Gasteiger partial charge is 0.150 e. The molecular formula is C11H15BrN2O2S. The largest absolute Gasteiger partial charge is 0.357 e. The van der Waals surface area contributed by atoms with Crippen LogP contribution in [0.15, 0.2) is 22.8 Å². The van der Waals surface area contributed by atoms with Gasteiger partial charge in [-0.15, -0.1) is 0 Å². The Morgan fingerprint density at radius 3 is 2.65 bits per heavy atom. The van der Waals surface area contributed by atoms with Crippen molar-refractivity contribution in [2.45, 2.75) is 18.9 Å². The molecule has 0 saturated carbocycles. The summed E-state index contributed by atoms with van der Waals surface area (Å²) in [6.07, 6.45) is 3.12. The van der Waals surface area contributed by atoms with E-state index >= 15 is 0 Å². The van der Waals surface area contributed by atoms with Crippen LogP contribution in [0.5, 0.6) is 0 Å². The van der Waals surface area contributed by atoms with Gasteiger partial charge in [-0.05, 0) is 25.0 Å². The molecular weight excluding hydrogens is 304 g/mol. The molecule has 0 amide bonds. The first-order chi connectivity index (χ1) is 7.98. The molecule has 1 aromatic heterocycles. The summed E-state index contributed by atoms with van der Waals surface area (Å²) in [5.41, 5.74) is 0. The van der Waals surface area contributed by atoms with Crippen molar-refractivity contribution >= 4 is 31.6 Å². The first-order valence-electron chi connectivity index (χ1n) is 5.53. The van der Waals surface area contributed by atoms with Gasteiger partial charge in [-0.2, -0.15) is 0 Å². The quantitative estimate of drug-likeness (QED) is 0.835. The van der Waals surface area contributed by atoms with Gasteiger partial charge in [0.2, 0.25) is 0 Å². The lowest BCUT2D eigenvalue weighted by Gasteiger charge is -2.31. The van der Waals surface area contributed by atoms with Gasteiger partial charge in [0, 0.05) is 23.8 Å². The van der Waals surface area contributed by atoms with Crippen LogP contribution in [0.2, 0.25) is 0 Å². The van der Waals surface area contributed by atoms with Crippen molar-refractivity contribution in [2.24, 2.45) is 0 Å². The average molecular weight is 319 g/mol. The highest BCUT2D eigenvalue weighted by molar-refractivity contribution is 9.10. The summed E-state index contributed by atoms with van der Waals surface area (Å²) in [6, 6.07) is 4.09. The molecule has 0 unspecified atom stereocenters. The van der Waals surface area contributed by atoms with Gasteiger partial charge in [-0.1, -0.05) is 15.9 Å². The monoisotopic (exact) mass is 318 g/mol. The summed E-state index contributed by atoms with van der Waals surface area (Å²) in [5.74, 6) is 1.45. The number of pyridine rings is 1. The third-order valence-electron chi connectivity index (χ3n) is 3.14. The van der Waals surface area contributed by atoms with Gasteiger partial charge in [0.25, 0.3) is 0 Å². The third kappa shape index (κ3) is 3.19. The molecule has 0 aromatic carbocycles. The molecule has 2 rings (SSSR count). The lowest BCUT2D eigenvalue weighted by molar-refractivity contribution is 0.531. The molecule has 0 N–H and O–H groups in total. The normalized spacial score (nSPS) is 20.1. The second-order valence-electron chi connectivity index (χ2n) is 4.33. The Kier molecular flexibility index (Phi) is 3.73. The second kappa shape index (κ2) is 4.94. The van der Waals surface area contributed by atoms with Crippen LogP contribution in [0.4, 0.5) is 5.82 Å². The molecule has 0 atom stereocenters. The van der Waals surface area contributed by atoms with Crippen molar-refractivity contribution in [1.29, 1.82) is 0 Å². The van der Waals surface area contributed by atoms with Gasteiger partial charge in [0.1, 0.15) is 15.7 Å². The highest BCUT2D eigenvalue weighted by atomic mass is 79.9. The zero-order valence-electron chi connectivity index (χ0n) is 9.63. The van der Waals surface area contributed by atoms with Crippen molar-refractivity contribution in [3.8, 4) is 0 Å². The van der Waals surface area contributed by atoms with Gasteiger partial charge in [-0.3, -0.25) is 0 Å².